The van der Waals surface area contributed by atoms with Gasteiger partial charge in [0.2, 0.25) is 0 Å². The maximum Gasteiger partial charge on any atom is 0.0676 e. The summed E-state index contributed by atoms with van der Waals surface area (Å²) in [6, 6.07) is 10.7. The van der Waals surface area contributed by atoms with E-state index in [1.807, 2.05) is 12.3 Å². The summed E-state index contributed by atoms with van der Waals surface area (Å²) in [5.41, 5.74) is 10.8. The molecule has 19 heavy (non-hydrogen) atoms. The van der Waals surface area contributed by atoms with Crippen LogP contribution in [0.5, 0.6) is 0 Å². The monoisotopic (exact) mass is 255 g/mol. The molecule has 0 fully saturated rings. The lowest BCUT2D eigenvalue weighted by atomic mass is 10.1. The molecule has 0 aliphatic heterocycles. The Bertz CT molecular complexity index is 517. The van der Waals surface area contributed by atoms with Crippen molar-refractivity contribution < 1.29 is 0 Å². The van der Waals surface area contributed by atoms with Crippen LogP contribution in [0.15, 0.2) is 42.7 Å². The fraction of sp³-hybridized carbons (Fsp3) is 0.312. The van der Waals surface area contributed by atoms with E-state index in [1.165, 1.54) is 16.8 Å². The van der Waals surface area contributed by atoms with Crippen molar-refractivity contribution in [2.24, 2.45) is 5.73 Å². The van der Waals surface area contributed by atoms with Crippen molar-refractivity contribution >= 4 is 5.69 Å². The van der Waals surface area contributed by atoms with E-state index in [2.05, 4.69) is 55.0 Å². The van der Waals surface area contributed by atoms with Crippen molar-refractivity contribution in [3.8, 4) is 0 Å². The highest BCUT2D eigenvalue weighted by Gasteiger charge is 2.16. The number of aromatic nitrogens is 1. The van der Waals surface area contributed by atoms with E-state index < -0.39 is 0 Å². The lowest BCUT2D eigenvalue weighted by molar-refractivity contribution is 0.677. The molecule has 0 spiro atoms. The lowest BCUT2D eigenvalue weighted by Gasteiger charge is -2.29. The third kappa shape index (κ3) is 3.12. The minimum atomic E-state index is 0.148. The van der Waals surface area contributed by atoms with Gasteiger partial charge in [-0.25, -0.2) is 0 Å². The number of benzene rings is 1. The Labute approximate surface area is 115 Å². The van der Waals surface area contributed by atoms with Crippen LogP contribution in [0, 0.1) is 13.8 Å². The minimum Gasteiger partial charge on any atom is -0.366 e. The van der Waals surface area contributed by atoms with Gasteiger partial charge in [0.05, 0.1) is 6.04 Å². The van der Waals surface area contributed by atoms with Gasteiger partial charge in [0, 0.05) is 31.7 Å². The molecule has 100 valence electrons. The van der Waals surface area contributed by atoms with Gasteiger partial charge in [0.1, 0.15) is 0 Å². The summed E-state index contributed by atoms with van der Waals surface area (Å²) in [7, 11) is 2.08. The zero-order valence-corrected chi connectivity index (χ0v) is 11.8. The van der Waals surface area contributed by atoms with Gasteiger partial charge in [-0.3, -0.25) is 4.98 Å². The molecule has 0 radical (unpaired) electrons. The molecular weight excluding hydrogens is 234 g/mol. The number of rotatable bonds is 4. The first-order valence-corrected chi connectivity index (χ1v) is 6.53. The van der Waals surface area contributed by atoms with Gasteiger partial charge in [-0.2, -0.15) is 0 Å². The number of anilines is 1. The van der Waals surface area contributed by atoms with Crippen LogP contribution in [0.1, 0.15) is 22.7 Å². The Hall–Kier alpha value is -1.87. The van der Waals surface area contributed by atoms with Gasteiger partial charge in [0.15, 0.2) is 0 Å². The molecule has 2 aromatic rings. The summed E-state index contributed by atoms with van der Waals surface area (Å²) in [4.78, 5) is 6.40. The number of hydrogen-bond acceptors (Lipinski definition) is 3. The predicted octanol–water partition coefficient (Wildman–Crippen LogP) is 2.83. The van der Waals surface area contributed by atoms with Crippen LogP contribution in [0.25, 0.3) is 0 Å². The fourth-order valence-electron chi connectivity index (χ4n) is 2.43. The highest BCUT2D eigenvalue weighted by molar-refractivity contribution is 5.52. The average molecular weight is 255 g/mol. The van der Waals surface area contributed by atoms with Crippen molar-refractivity contribution in [1.82, 2.24) is 4.98 Å². The molecule has 0 saturated carbocycles. The molecule has 0 saturated heterocycles. The number of likely N-dealkylation sites (N-methyl/N-ethyl adjacent to an activating group) is 1. The van der Waals surface area contributed by atoms with Crippen molar-refractivity contribution in [3.63, 3.8) is 0 Å². The van der Waals surface area contributed by atoms with Crippen LogP contribution < -0.4 is 10.6 Å². The molecule has 3 heteroatoms. The van der Waals surface area contributed by atoms with Crippen molar-refractivity contribution in [2.45, 2.75) is 19.9 Å². The van der Waals surface area contributed by atoms with Gasteiger partial charge in [0.25, 0.3) is 0 Å². The SMILES string of the molecule is Cc1cc(C)cc(N(C)C(CN)c2cccnc2)c1. The molecule has 0 amide bonds. The second-order valence-corrected chi connectivity index (χ2v) is 4.99. The van der Waals surface area contributed by atoms with Gasteiger partial charge < -0.3 is 10.6 Å². The van der Waals surface area contributed by atoms with Crippen molar-refractivity contribution in [2.75, 3.05) is 18.5 Å². The largest absolute Gasteiger partial charge is 0.366 e. The maximum absolute atomic E-state index is 5.95. The smallest absolute Gasteiger partial charge is 0.0676 e. The maximum atomic E-state index is 5.95. The highest BCUT2D eigenvalue weighted by Crippen LogP contribution is 2.26. The first kappa shape index (κ1) is 13.6. The van der Waals surface area contributed by atoms with Crippen LogP contribution in [-0.4, -0.2) is 18.6 Å². The molecule has 0 aliphatic rings. The normalized spacial score (nSPS) is 12.2. The Morgan fingerprint density at radius 1 is 1.21 bits per heavy atom. The fourth-order valence-corrected chi connectivity index (χ4v) is 2.43. The van der Waals surface area contributed by atoms with E-state index in [0.29, 0.717) is 6.54 Å². The van der Waals surface area contributed by atoms with E-state index >= 15 is 0 Å². The predicted molar refractivity (Wildman–Crippen MR) is 80.4 cm³/mol. The Morgan fingerprint density at radius 3 is 2.42 bits per heavy atom. The third-order valence-corrected chi connectivity index (χ3v) is 3.37. The Balaban J connectivity index is 2.33. The topological polar surface area (TPSA) is 42.1 Å². The van der Waals surface area contributed by atoms with E-state index in [9.17, 15) is 0 Å². The van der Waals surface area contributed by atoms with Gasteiger partial charge in [-0.05, 0) is 48.7 Å². The van der Waals surface area contributed by atoms with Crippen LogP contribution in [0.2, 0.25) is 0 Å². The second kappa shape index (κ2) is 5.85. The van der Waals surface area contributed by atoms with E-state index in [1.54, 1.807) is 6.20 Å². The molecule has 1 heterocycles. The van der Waals surface area contributed by atoms with Crippen LogP contribution in [-0.2, 0) is 0 Å². The van der Waals surface area contributed by atoms with Crippen LogP contribution in [0.3, 0.4) is 0 Å². The molecule has 0 bridgehead atoms. The number of nitrogens with two attached hydrogens (primary N) is 1. The summed E-state index contributed by atoms with van der Waals surface area (Å²) < 4.78 is 0. The lowest BCUT2D eigenvalue weighted by Crippen LogP contribution is -2.30. The first-order chi connectivity index (χ1) is 9.11. The molecular formula is C16H21N3. The van der Waals surface area contributed by atoms with E-state index in [-0.39, 0.29) is 6.04 Å². The quantitative estimate of drug-likeness (QED) is 0.913. The van der Waals surface area contributed by atoms with Crippen LogP contribution >= 0.6 is 0 Å². The number of pyridine rings is 1. The molecule has 1 unspecified atom stereocenters. The summed E-state index contributed by atoms with van der Waals surface area (Å²) in [6.07, 6.45) is 3.67. The van der Waals surface area contributed by atoms with Crippen molar-refractivity contribution in [3.05, 3.63) is 59.4 Å². The van der Waals surface area contributed by atoms with E-state index in [0.717, 1.165) is 5.56 Å². The Kier molecular flexibility index (Phi) is 4.17. The molecule has 1 atom stereocenters. The summed E-state index contributed by atoms with van der Waals surface area (Å²) in [6.45, 7) is 4.80. The highest BCUT2D eigenvalue weighted by atomic mass is 15.1. The molecule has 2 N–H and O–H groups in total. The van der Waals surface area contributed by atoms with Gasteiger partial charge >= 0.3 is 0 Å². The summed E-state index contributed by atoms with van der Waals surface area (Å²) >= 11 is 0. The number of aryl methyl sites for hydroxylation is 2. The van der Waals surface area contributed by atoms with E-state index in [4.69, 9.17) is 5.73 Å². The number of nitrogens with zero attached hydrogens (tertiary/aromatic N) is 2. The molecule has 3 nitrogen and oxygen atoms in total. The van der Waals surface area contributed by atoms with Gasteiger partial charge in [-0.15, -0.1) is 0 Å². The second-order valence-electron chi connectivity index (χ2n) is 4.99. The molecule has 2 rings (SSSR count). The first-order valence-electron chi connectivity index (χ1n) is 6.53. The summed E-state index contributed by atoms with van der Waals surface area (Å²) in [5.74, 6) is 0. The zero-order valence-electron chi connectivity index (χ0n) is 11.8. The van der Waals surface area contributed by atoms with Crippen LogP contribution in [0.4, 0.5) is 5.69 Å². The average Bonchev–Trinajstić information content (AvgIpc) is 2.39. The summed E-state index contributed by atoms with van der Waals surface area (Å²) in [5, 5.41) is 0. The number of hydrogen-bond donors (Lipinski definition) is 1. The molecule has 1 aromatic carbocycles. The zero-order chi connectivity index (χ0) is 13.8. The molecule has 1 aromatic heterocycles. The minimum absolute atomic E-state index is 0.148. The standard InChI is InChI=1S/C16H21N3/c1-12-7-13(2)9-15(8-12)19(3)16(10-17)14-5-4-6-18-11-14/h4-9,11,16H,10,17H2,1-3H3. The molecule has 0 aliphatic carbocycles. The van der Waals surface area contributed by atoms with Gasteiger partial charge in [-0.1, -0.05) is 12.1 Å². The third-order valence-electron chi connectivity index (χ3n) is 3.37. The van der Waals surface area contributed by atoms with Crippen molar-refractivity contribution in [1.29, 1.82) is 0 Å². The Morgan fingerprint density at radius 2 is 1.89 bits per heavy atom.